The monoisotopic (exact) mass is 293 g/mol. The summed E-state index contributed by atoms with van der Waals surface area (Å²) in [6.45, 7) is 4.24. The van der Waals surface area contributed by atoms with Gasteiger partial charge in [-0.15, -0.1) is 11.3 Å². The number of aryl methyl sites for hydroxylation is 1. The number of amides is 1. The molecule has 0 unspecified atom stereocenters. The van der Waals surface area contributed by atoms with Crippen LogP contribution in [-0.2, 0) is 11.2 Å². The first kappa shape index (κ1) is 14.7. The molecule has 5 nitrogen and oxygen atoms in total. The van der Waals surface area contributed by atoms with Crippen molar-refractivity contribution < 1.29 is 9.32 Å². The van der Waals surface area contributed by atoms with Gasteiger partial charge in [-0.25, -0.2) is 0 Å². The third kappa shape index (κ3) is 4.18. The van der Waals surface area contributed by atoms with E-state index in [2.05, 4.69) is 28.8 Å². The molecule has 0 fully saturated rings. The summed E-state index contributed by atoms with van der Waals surface area (Å²) >= 11 is 1.74. The first-order valence-electron chi connectivity index (χ1n) is 6.50. The second-order valence-electron chi connectivity index (χ2n) is 4.92. The molecule has 20 heavy (non-hydrogen) atoms. The molecule has 2 heterocycles. The van der Waals surface area contributed by atoms with E-state index >= 15 is 0 Å². The topological polar surface area (TPSA) is 58.4 Å². The fourth-order valence-electron chi connectivity index (χ4n) is 1.87. The maximum Gasteiger partial charge on any atom is 0.239 e. The van der Waals surface area contributed by atoms with Crippen LogP contribution < -0.4 is 5.32 Å². The van der Waals surface area contributed by atoms with Gasteiger partial charge in [-0.3, -0.25) is 9.69 Å². The molecule has 2 aromatic rings. The molecular formula is C14H19N3O2S. The number of rotatable bonds is 6. The number of anilines is 1. The van der Waals surface area contributed by atoms with E-state index in [1.165, 1.54) is 4.88 Å². The van der Waals surface area contributed by atoms with E-state index in [1.807, 2.05) is 18.0 Å². The molecule has 2 rings (SSSR count). The summed E-state index contributed by atoms with van der Waals surface area (Å²) in [5, 5.41) is 8.54. The number of thiophene rings is 1. The van der Waals surface area contributed by atoms with Gasteiger partial charge in [0.25, 0.3) is 0 Å². The van der Waals surface area contributed by atoms with Crippen molar-refractivity contribution in [3.8, 4) is 0 Å². The number of hydrogen-bond donors (Lipinski definition) is 1. The first-order valence-corrected chi connectivity index (χ1v) is 7.38. The number of nitrogens with one attached hydrogen (secondary N) is 1. The maximum absolute atomic E-state index is 11.9. The van der Waals surface area contributed by atoms with Crippen LogP contribution in [-0.4, -0.2) is 35.6 Å². The molecule has 0 radical (unpaired) electrons. The highest BCUT2D eigenvalue weighted by Crippen LogP contribution is 2.13. The summed E-state index contributed by atoms with van der Waals surface area (Å²) in [4.78, 5) is 15.3. The molecule has 0 aliphatic rings. The van der Waals surface area contributed by atoms with Gasteiger partial charge in [0.05, 0.1) is 6.54 Å². The Morgan fingerprint density at radius 1 is 1.60 bits per heavy atom. The third-order valence-electron chi connectivity index (χ3n) is 3.12. The molecule has 1 atom stereocenters. The van der Waals surface area contributed by atoms with Crippen molar-refractivity contribution in [1.29, 1.82) is 0 Å². The highest BCUT2D eigenvalue weighted by Gasteiger charge is 2.15. The molecule has 1 N–H and O–H groups in total. The lowest BCUT2D eigenvalue weighted by Gasteiger charge is -2.23. The fraction of sp³-hybridized carbons (Fsp3) is 0.429. The van der Waals surface area contributed by atoms with E-state index < -0.39 is 0 Å². The SMILES string of the molecule is Cc1cc(NC(=O)CN(C)[C@@H](C)Cc2cccs2)no1. The average molecular weight is 293 g/mol. The number of carbonyl (C=O) groups excluding carboxylic acids is 1. The zero-order chi connectivity index (χ0) is 14.5. The molecule has 0 spiro atoms. The Balaban J connectivity index is 1.81. The summed E-state index contributed by atoms with van der Waals surface area (Å²) in [6.07, 6.45) is 0.949. The smallest absolute Gasteiger partial charge is 0.239 e. The van der Waals surface area contributed by atoms with Crippen molar-refractivity contribution in [2.24, 2.45) is 0 Å². The van der Waals surface area contributed by atoms with Gasteiger partial charge in [0.15, 0.2) is 5.82 Å². The molecule has 0 aromatic carbocycles. The summed E-state index contributed by atoms with van der Waals surface area (Å²) < 4.78 is 4.91. The molecule has 0 bridgehead atoms. The molecule has 6 heteroatoms. The normalized spacial score (nSPS) is 12.6. The van der Waals surface area contributed by atoms with E-state index in [0.717, 1.165) is 6.42 Å². The van der Waals surface area contributed by atoms with E-state index in [0.29, 0.717) is 24.2 Å². The highest BCUT2D eigenvalue weighted by atomic mass is 32.1. The number of aromatic nitrogens is 1. The second-order valence-corrected chi connectivity index (χ2v) is 5.95. The Kier molecular flexibility index (Phi) is 4.92. The summed E-state index contributed by atoms with van der Waals surface area (Å²) in [7, 11) is 1.95. The quantitative estimate of drug-likeness (QED) is 0.889. The zero-order valence-electron chi connectivity index (χ0n) is 11.9. The summed E-state index contributed by atoms with van der Waals surface area (Å²) in [6, 6.07) is 6.17. The Morgan fingerprint density at radius 3 is 3.00 bits per heavy atom. The lowest BCUT2D eigenvalue weighted by molar-refractivity contribution is -0.117. The fourth-order valence-corrected chi connectivity index (χ4v) is 2.69. The molecule has 108 valence electrons. The van der Waals surface area contributed by atoms with Crippen LogP contribution in [0.2, 0.25) is 0 Å². The summed E-state index contributed by atoms with van der Waals surface area (Å²) in [5.74, 6) is 1.06. The molecule has 0 aliphatic carbocycles. The number of carbonyl (C=O) groups is 1. The van der Waals surface area contributed by atoms with Crippen molar-refractivity contribution in [1.82, 2.24) is 10.1 Å². The van der Waals surface area contributed by atoms with Gasteiger partial charge < -0.3 is 9.84 Å². The predicted molar refractivity (Wildman–Crippen MR) is 80.0 cm³/mol. The van der Waals surface area contributed by atoms with Gasteiger partial charge in [-0.1, -0.05) is 11.2 Å². The Labute approximate surface area is 122 Å². The van der Waals surface area contributed by atoms with Crippen molar-refractivity contribution in [2.45, 2.75) is 26.3 Å². The van der Waals surface area contributed by atoms with Crippen LogP contribution in [0.15, 0.2) is 28.1 Å². The van der Waals surface area contributed by atoms with Crippen LogP contribution in [0.1, 0.15) is 17.6 Å². The standard InChI is InChI=1S/C14H19N3O2S/c1-10(7-12-5-4-6-20-12)17(3)9-14(18)15-13-8-11(2)19-16-13/h4-6,8,10H,7,9H2,1-3H3,(H,15,16,18)/t10-/m0/s1. The average Bonchev–Trinajstić information content (AvgIpc) is 3.01. The molecule has 0 aliphatic heterocycles. The Hall–Kier alpha value is -1.66. The summed E-state index contributed by atoms with van der Waals surface area (Å²) in [5.41, 5.74) is 0. The Bertz CT molecular complexity index is 551. The van der Waals surface area contributed by atoms with Crippen LogP contribution in [0.3, 0.4) is 0 Å². The lowest BCUT2D eigenvalue weighted by atomic mass is 10.2. The minimum absolute atomic E-state index is 0.0844. The minimum Gasteiger partial charge on any atom is -0.360 e. The van der Waals surface area contributed by atoms with Crippen molar-refractivity contribution in [3.05, 3.63) is 34.2 Å². The molecule has 2 aromatic heterocycles. The first-order chi connectivity index (χ1) is 9.54. The van der Waals surface area contributed by atoms with Crippen molar-refractivity contribution >= 4 is 23.1 Å². The van der Waals surface area contributed by atoms with Crippen LogP contribution in [0.4, 0.5) is 5.82 Å². The maximum atomic E-state index is 11.9. The lowest BCUT2D eigenvalue weighted by Crippen LogP contribution is -2.37. The number of likely N-dealkylation sites (N-methyl/N-ethyl adjacent to an activating group) is 1. The van der Waals surface area contributed by atoms with Crippen molar-refractivity contribution in [3.63, 3.8) is 0 Å². The predicted octanol–water partition coefficient (Wildman–Crippen LogP) is 2.55. The van der Waals surface area contributed by atoms with Gasteiger partial charge in [0, 0.05) is 17.0 Å². The molecule has 1 amide bonds. The molecule has 0 saturated carbocycles. The molecular weight excluding hydrogens is 274 g/mol. The van der Waals surface area contributed by atoms with E-state index in [1.54, 1.807) is 24.3 Å². The van der Waals surface area contributed by atoms with E-state index in [9.17, 15) is 4.79 Å². The number of hydrogen-bond acceptors (Lipinski definition) is 5. The third-order valence-corrected chi connectivity index (χ3v) is 4.02. The largest absolute Gasteiger partial charge is 0.360 e. The van der Waals surface area contributed by atoms with E-state index in [-0.39, 0.29) is 5.91 Å². The molecule has 0 saturated heterocycles. The number of nitrogens with zero attached hydrogens (tertiary/aromatic N) is 2. The van der Waals surface area contributed by atoms with Crippen LogP contribution in [0.25, 0.3) is 0 Å². The second kappa shape index (κ2) is 6.67. The van der Waals surface area contributed by atoms with Gasteiger partial charge >= 0.3 is 0 Å². The van der Waals surface area contributed by atoms with Crippen molar-refractivity contribution in [2.75, 3.05) is 18.9 Å². The van der Waals surface area contributed by atoms with E-state index in [4.69, 9.17) is 4.52 Å². The zero-order valence-corrected chi connectivity index (χ0v) is 12.7. The highest BCUT2D eigenvalue weighted by molar-refractivity contribution is 7.09. The van der Waals surface area contributed by atoms with Gasteiger partial charge in [0.1, 0.15) is 5.76 Å². The van der Waals surface area contributed by atoms with Crippen LogP contribution in [0, 0.1) is 6.92 Å². The van der Waals surface area contributed by atoms with Crippen LogP contribution >= 0.6 is 11.3 Å². The Morgan fingerprint density at radius 2 is 2.40 bits per heavy atom. The van der Waals surface area contributed by atoms with Gasteiger partial charge in [0.2, 0.25) is 5.91 Å². The minimum atomic E-state index is -0.0844. The van der Waals surface area contributed by atoms with Gasteiger partial charge in [-0.2, -0.15) is 0 Å². The van der Waals surface area contributed by atoms with Gasteiger partial charge in [-0.05, 0) is 38.8 Å². The van der Waals surface area contributed by atoms with Crippen LogP contribution in [0.5, 0.6) is 0 Å².